The van der Waals surface area contributed by atoms with E-state index in [4.69, 9.17) is 4.42 Å². The van der Waals surface area contributed by atoms with Crippen molar-refractivity contribution in [2.45, 2.75) is 17.1 Å². The second kappa shape index (κ2) is 7.94. The minimum atomic E-state index is -4.52. The van der Waals surface area contributed by atoms with Crippen molar-refractivity contribution in [1.82, 2.24) is 14.8 Å². The smallest absolute Gasteiger partial charge is 0.416 e. The normalized spacial score (nSPS) is 11.8. The molecule has 0 unspecified atom stereocenters. The zero-order valence-electron chi connectivity index (χ0n) is 15.0. The maximum atomic E-state index is 13.5. The highest BCUT2D eigenvalue weighted by Crippen LogP contribution is 2.34. The molecule has 30 heavy (non-hydrogen) atoms. The van der Waals surface area contributed by atoms with Crippen LogP contribution >= 0.6 is 11.8 Å². The molecule has 0 saturated carbocycles. The van der Waals surface area contributed by atoms with Crippen molar-refractivity contribution in [2.75, 3.05) is 0 Å². The van der Waals surface area contributed by atoms with Gasteiger partial charge in [-0.25, -0.2) is 8.78 Å². The number of benzene rings is 2. The van der Waals surface area contributed by atoms with E-state index < -0.39 is 23.4 Å². The molecule has 0 spiro atoms. The molecule has 4 rings (SSSR count). The molecule has 2 aromatic heterocycles. The van der Waals surface area contributed by atoms with E-state index in [1.165, 1.54) is 29.0 Å². The predicted octanol–water partition coefficient (Wildman–Crippen LogP) is 6.12. The van der Waals surface area contributed by atoms with E-state index in [9.17, 15) is 22.0 Å². The van der Waals surface area contributed by atoms with Gasteiger partial charge in [-0.1, -0.05) is 23.9 Å². The van der Waals surface area contributed by atoms with Crippen LogP contribution in [-0.4, -0.2) is 14.8 Å². The van der Waals surface area contributed by atoms with Crippen molar-refractivity contribution >= 4 is 11.8 Å². The van der Waals surface area contributed by atoms with Gasteiger partial charge in [-0.3, -0.25) is 4.57 Å². The van der Waals surface area contributed by atoms with E-state index in [0.29, 0.717) is 11.3 Å². The number of furan rings is 1. The van der Waals surface area contributed by atoms with Crippen LogP contribution in [0, 0.1) is 11.6 Å². The Hall–Kier alpha value is -3.14. The summed E-state index contributed by atoms with van der Waals surface area (Å²) in [7, 11) is 0. The molecule has 0 atom stereocenters. The molecule has 0 N–H and O–H groups in total. The zero-order chi connectivity index (χ0) is 21.3. The van der Waals surface area contributed by atoms with E-state index in [1.807, 2.05) is 0 Å². The van der Waals surface area contributed by atoms with Gasteiger partial charge in [-0.15, -0.1) is 10.2 Å². The van der Waals surface area contributed by atoms with Gasteiger partial charge in [-0.05, 0) is 48.0 Å². The van der Waals surface area contributed by atoms with Crippen LogP contribution in [0.5, 0.6) is 0 Å². The number of hydrogen-bond acceptors (Lipinski definition) is 4. The first kappa shape index (κ1) is 20.1. The van der Waals surface area contributed by atoms with Gasteiger partial charge in [0.2, 0.25) is 5.82 Å². The first-order valence-corrected chi connectivity index (χ1v) is 9.55. The molecule has 154 valence electrons. The second-order valence-corrected chi connectivity index (χ2v) is 7.15. The average molecular weight is 437 g/mol. The number of halogens is 5. The van der Waals surface area contributed by atoms with Crippen molar-refractivity contribution in [2.24, 2.45) is 0 Å². The van der Waals surface area contributed by atoms with Gasteiger partial charge in [0.15, 0.2) is 22.6 Å². The summed E-state index contributed by atoms with van der Waals surface area (Å²) in [4.78, 5) is 0. The molecule has 0 radical (unpaired) electrons. The van der Waals surface area contributed by atoms with E-state index in [2.05, 4.69) is 10.2 Å². The van der Waals surface area contributed by atoms with Gasteiger partial charge in [-0.2, -0.15) is 13.2 Å². The third-order valence-corrected chi connectivity index (χ3v) is 5.16. The molecule has 2 heterocycles. The Morgan fingerprint density at radius 2 is 1.77 bits per heavy atom. The Bertz CT molecular complexity index is 1170. The van der Waals surface area contributed by atoms with Crippen molar-refractivity contribution in [1.29, 1.82) is 0 Å². The van der Waals surface area contributed by atoms with Crippen LogP contribution < -0.4 is 0 Å². The molecule has 0 bridgehead atoms. The molecular weight excluding hydrogens is 425 g/mol. The Morgan fingerprint density at radius 3 is 2.47 bits per heavy atom. The predicted molar refractivity (Wildman–Crippen MR) is 100.0 cm³/mol. The highest BCUT2D eigenvalue weighted by Gasteiger charge is 2.31. The van der Waals surface area contributed by atoms with Gasteiger partial charge in [0.1, 0.15) is 0 Å². The summed E-state index contributed by atoms with van der Waals surface area (Å²) >= 11 is 1.12. The highest BCUT2D eigenvalue weighted by molar-refractivity contribution is 7.98. The third-order valence-electron chi connectivity index (χ3n) is 4.16. The van der Waals surface area contributed by atoms with Crippen LogP contribution in [0.25, 0.3) is 17.3 Å². The number of aromatic nitrogens is 3. The van der Waals surface area contributed by atoms with Crippen LogP contribution in [0.2, 0.25) is 0 Å². The van der Waals surface area contributed by atoms with Crippen LogP contribution in [0.3, 0.4) is 0 Å². The fourth-order valence-corrected chi connectivity index (χ4v) is 3.66. The highest BCUT2D eigenvalue weighted by atomic mass is 32.2. The van der Waals surface area contributed by atoms with Gasteiger partial charge in [0.25, 0.3) is 0 Å². The molecule has 4 aromatic rings. The lowest BCUT2D eigenvalue weighted by Gasteiger charge is -2.12. The van der Waals surface area contributed by atoms with Gasteiger partial charge < -0.3 is 4.42 Å². The fourth-order valence-electron chi connectivity index (χ4n) is 2.76. The number of thioether (sulfide) groups is 1. The van der Waals surface area contributed by atoms with E-state index in [-0.39, 0.29) is 22.4 Å². The van der Waals surface area contributed by atoms with Crippen molar-refractivity contribution in [3.8, 4) is 17.3 Å². The minimum Gasteiger partial charge on any atom is -0.461 e. The summed E-state index contributed by atoms with van der Waals surface area (Å²) in [6, 6.07) is 11.4. The monoisotopic (exact) mass is 437 g/mol. The molecule has 0 aliphatic carbocycles. The summed E-state index contributed by atoms with van der Waals surface area (Å²) in [5, 5.41) is 8.39. The van der Waals surface area contributed by atoms with Crippen LogP contribution in [0.1, 0.15) is 11.1 Å². The average Bonchev–Trinajstić information content (AvgIpc) is 3.37. The molecule has 0 aliphatic rings. The van der Waals surface area contributed by atoms with E-state index >= 15 is 0 Å². The molecular formula is C20H12F5N3OS. The maximum Gasteiger partial charge on any atom is 0.416 e. The zero-order valence-corrected chi connectivity index (χ0v) is 15.8. The summed E-state index contributed by atoms with van der Waals surface area (Å²) in [6.45, 7) is 0. The second-order valence-electron chi connectivity index (χ2n) is 6.20. The minimum absolute atomic E-state index is 0.189. The quantitative estimate of drug-likeness (QED) is 0.279. The molecule has 0 aliphatic heterocycles. The van der Waals surface area contributed by atoms with Gasteiger partial charge >= 0.3 is 6.18 Å². The summed E-state index contributed by atoms with van der Waals surface area (Å²) < 4.78 is 72.9. The van der Waals surface area contributed by atoms with E-state index in [0.717, 1.165) is 36.0 Å². The maximum absolute atomic E-state index is 13.5. The molecule has 0 saturated heterocycles. The third kappa shape index (κ3) is 4.09. The standard InChI is InChI=1S/C20H12F5N3OS/c21-15-7-6-12(9-16(15)22)11-30-19-27-26-18(17-5-2-8-29-17)28(19)14-4-1-3-13(10-14)20(23,24)25/h1-10H,11H2. The lowest BCUT2D eigenvalue weighted by molar-refractivity contribution is -0.137. The molecule has 0 amide bonds. The van der Waals surface area contributed by atoms with Crippen molar-refractivity contribution < 1.29 is 26.4 Å². The van der Waals surface area contributed by atoms with Crippen LogP contribution in [0.15, 0.2) is 70.4 Å². The largest absolute Gasteiger partial charge is 0.461 e. The Morgan fingerprint density at radius 1 is 0.933 bits per heavy atom. The van der Waals surface area contributed by atoms with Crippen LogP contribution in [-0.2, 0) is 11.9 Å². The lowest BCUT2D eigenvalue weighted by atomic mass is 10.2. The lowest BCUT2D eigenvalue weighted by Crippen LogP contribution is -2.07. The SMILES string of the molecule is Fc1ccc(CSc2nnc(-c3ccco3)n2-c2cccc(C(F)(F)F)c2)cc1F. The molecule has 10 heteroatoms. The Labute approximate surface area is 171 Å². The molecule has 0 fully saturated rings. The number of nitrogens with zero attached hydrogens (tertiary/aromatic N) is 3. The first-order valence-electron chi connectivity index (χ1n) is 8.56. The summed E-state index contributed by atoms with van der Waals surface area (Å²) in [6.07, 6.45) is -3.11. The van der Waals surface area contributed by atoms with Crippen molar-refractivity contribution in [3.63, 3.8) is 0 Å². The van der Waals surface area contributed by atoms with E-state index in [1.54, 1.807) is 12.1 Å². The Kier molecular flexibility index (Phi) is 5.33. The summed E-state index contributed by atoms with van der Waals surface area (Å²) in [5.41, 5.74) is -0.151. The van der Waals surface area contributed by atoms with Gasteiger partial charge in [0.05, 0.1) is 17.5 Å². The number of alkyl halides is 3. The number of rotatable bonds is 5. The molecule has 2 aromatic carbocycles. The van der Waals surface area contributed by atoms with Gasteiger partial charge in [0, 0.05) is 5.75 Å². The van der Waals surface area contributed by atoms with Crippen LogP contribution in [0.4, 0.5) is 22.0 Å². The van der Waals surface area contributed by atoms with Crippen molar-refractivity contribution in [3.05, 3.63) is 83.6 Å². The first-order chi connectivity index (χ1) is 14.3. The Balaban J connectivity index is 1.74. The fraction of sp³-hybridized carbons (Fsp3) is 0.100. The topological polar surface area (TPSA) is 43.9 Å². The molecule has 4 nitrogen and oxygen atoms in total. The number of hydrogen-bond donors (Lipinski definition) is 0. The summed E-state index contributed by atoms with van der Waals surface area (Å²) in [5.74, 6) is -1.21.